The number of anilines is 1. The Morgan fingerprint density at radius 2 is 2.32 bits per heavy atom. The molecule has 0 aliphatic carbocycles. The van der Waals surface area contributed by atoms with Gasteiger partial charge in [-0.2, -0.15) is 0 Å². The Hall–Kier alpha value is -1.14. The molecule has 6 heteroatoms. The van der Waals surface area contributed by atoms with E-state index in [0.717, 1.165) is 32.5 Å². The first kappa shape index (κ1) is 14.3. The van der Waals surface area contributed by atoms with E-state index in [9.17, 15) is 0 Å². The van der Waals surface area contributed by atoms with Crippen molar-refractivity contribution in [1.82, 2.24) is 15.5 Å². The standard InChI is InChI=1S/C13H24N4O2/c1-5-14-10(2)11-15-16-12(19-11)17-8-6-7-13(3,9-17)18-4/h10,14H,5-9H2,1-4H3. The lowest BCUT2D eigenvalue weighted by molar-refractivity contribution is -0.00569. The number of nitrogens with one attached hydrogen (secondary N) is 1. The molecule has 0 aromatic carbocycles. The van der Waals surface area contributed by atoms with E-state index in [4.69, 9.17) is 9.15 Å². The van der Waals surface area contributed by atoms with Crippen LogP contribution in [0.5, 0.6) is 0 Å². The van der Waals surface area contributed by atoms with Gasteiger partial charge in [0.1, 0.15) is 0 Å². The summed E-state index contributed by atoms with van der Waals surface area (Å²) in [6.45, 7) is 8.82. The van der Waals surface area contributed by atoms with Gasteiger partial charge in [-0.05, 0) is 33.2 Å². The van der Waals surface area contributed by atoms with Crippen molar-refractivity contribution in [1.29, 1.82) is 0 Å². The zero-order valence-electron chi connectivity index (χ0n) is 12.3. The molecule has 1 aliphatic rings. The van der Waals surface area contributed by atoms with Crippen molar-refractivity contribution >= 4 is 6.01 Å². The molecule has 2 atom stereocenters. The maximum atomic E-state index is 5.76. The summed E-state index contributed by atoms with van der Waals surface area (Å²) < 4.78 is 11.3. The quantitative estimate of drug-likeness (QED) is 0.877. The van der Waals surface area contributed by atoms with Crippen LogP contribution in [0.4, 0.5) is 6.01 Å². The molecule has 1 aromatic heterocycles. The third-order valence-electron chi connectivity index (χ3n) is 3.73. The van der Waals surface area contributed by atoms with Gasteiger partial charge < -0.3 is 19.4 Å². The van der Waals surface area contributed by atoms with Crippen molar-refractivity contribution in [3.63, 3.8) is 0 Å². The number of rotatable bonds is 5. The molecule has 0 radical (unpaired) electrons. The molecular weight excluding hydrogens is 244 g/mol. The average molecular weight is 268 g/mol. The van der Waals surface area contributed by atoms with Crippen molar-refractivity contribution in [2.45, 2.75) is 45.3 Å². The van der Waals surface area contributed by atoms with E-state index in [-0.39, 0.29) is 11.6 Å². The van der Waals surface area contributed by atoms with Crippen LogP contribution in [0.1, 0.15) is 45.5 Å². The van der Waals surface area contributed by atoms with Crippen LogP contribution in [0.2, 0.25) is 0 Å². The second kappa shape index (κ2) is 5.88. The molecule has 1 fully saturated rings. The Morgan fingerprint density at radius 3 is 3.00 bits per heavy atom. The molecule has 2 rings (SSSR count). The van der Waals surface area contributed by atoms with E-state index < -0.39 is 0 Å². The Morgan fingerprint density at radius 1 is 1.53 bits per heavy atom. The SMILES string of the molecule is CCNC(C)c1nnc(N2CCCC(C)(OC)C2)o1. The Bertz CT molecular complexity index is 409. The van der Waals surface area contributed by atoms with Gasteiger partial charge in [0, 0.05) is 13.7 Å². The lowest BCUT2D eigenvalue weighted by Gasteiger charge is -2.38. The third kappa shape index (κ3) is 3.25. The largest absolute Gasteiger partial charge is 0.406 e. The summed E-state index contributed by atoms with van der Waals surface area (Å²) in [6.07, 6.45) is 2.14. The Balaban J connectivity index is 2.06. The minimum absolute atomic E-state index is 0.0878. The molecule has 0 amide bonds. The molecule has 6 nitrogen and oxygen atoms in total. The van der Waals surface area contributed by atoms with Crippen molar-refractivity contribution < 1.29 is 9.15 Å². The highest BCUT2D eigenvalue weighted by molar-refractivity contribution is 5.27. The van der Waals surface area contributed by atoms with Gasteiger partial charge in [0.05, 0.1) is 18.2 Å². The normalized spacial score (nSPS) is 25.6. The molecule has 0 spiro atoms. The predicted molar refractivity (Wildman–Crippen MR) is 73.3 cm³/mol. The van der Waals surface area contributed by atoms with Crippen LogP contribution < -0.4 is 10.2 Å². The summed E-state index contributed by atoms with van der Waals surface area (Å²) in [6, 6.07) is 0.688. The van der Waals surface area contributed by atoms with E-state index in [1.807, 2.05) is 6.92 Å². The topological polar surface area (TPSA) is 63.4 Å². The molecular formula is C13H24N4O2. The van der Waals surface area contributed by atoms with Crippen molar-refractivity contribution in [3.05, 3.63) is 5.89 Å². The molecule has 19 heavy (non-hydrogen) atoms. The monoisotopic (exact) mass is 268 g/mol. The number of methoxy groups -OCH3 is 1. The van der Waals surface area contributed by atoms with Gasteiger partial charge in [0.2, 0.25) is 5.89 Å². The fraction of sp³-hybridized carbons (Fsp3) is 0.846. The van der Waals surface area contributed by atoms with Crippen LogP contribution in [0, 0.1) is 0 Å². The van der Waals surface area contributed by atoms with Gasteiger partial charge in [-0.25, -0.2) is 0 Å². The Kier molecular flexibility index (Phi) is 4.42. The molecule has 1 N–H and O–H groups in total. The highest BCUT2D eigenvalue weighted by Crippen LogP contribution is 2.27. The first-order valence-electron chi connectivity index (χ1n) is 6.95. The van der Waals surface area contributed by atoms with E-state index in [1.54, 1.807) is 7.11 Å². The first-order chi connectivity index (χ1) is 9.08. The van der Waals surface area contributed by atoms with Crippen LogP contribution in [0.15, 0.2) is 4.42 Å². The van der Waals surface area contributed by atoms with Gasteiger partial charge in [-0.3, -0.25) is 0 Å². The first-order valence-corrected chi connectivity index (χ1v) is 6.95. The number of ether oxygens (including phenoxy) is 1. The van der Waals surface area contributed by atoms with Crippen LogP contribution in [0.25, 0.3) is 0 Å². The number of piperidine rings is 1. The summed E-state index contributed by atoms with van der Waals surface area (Å²) >= 11 is 0. The van der Waals surface area contributed by atoms with Crippen LogP contribution >= 0.6 is 0 Å². The molecule has 2 heterocycles. The zero-order valence-corrected chi connectivity index (χ0v) is 12.3. The Labute approximate surface area is 114 Å². The number of hydrogen-bond acceptors (Lipinski definition) is 6. The average Bonchev–Trinajstić information content (AvgIpc) is 2.89. The molecule has 1 aliphatic heterocycles. The zero-order chi connectivity index (χ0) is 13.9. The fourth-order valence-electron chi connectivity index (χ4n) is 2.46. The maximum absolute atomic E-state index is 5.76. The van der Waals surface area contributed by atoms with E-state index in [0.29, 0.717) is 11.9 Å². The number of nitrogens with zero attached hydrogens (tertiary/aromatic N) is 3. The van der Waals surface area contributed by atoms with Gasteiger partial charge in [0.25, 0.3) is 0 Å². The van der Waals surface area contributed by atoms with Gasteiger partial charge in [0.15, 0.2) is 0 Å². The summed E-state index contributed by atoms with van der Waals surface area (Å²) in [4.78, 5) is 2.11. The molecule has 0 bridgehead atoms. The van der Waals surface area contributed by atoms with Crippen LogP contribution in [-0.2, 0) is 4.74 Å². The summed E-state index contributed by atoms with van der Waals surface area (Å²) in [5.41, 5.74) is -0.125. The number of aromatic nitrogens is 2. The van der Waals surface area contributed by atoms with Gasteiger partial charge in [-0.15, -0.1) is 5.10 Å². The summed E-state index contributed by atoms with van der Waals surface area (Å²) in [7, 11) is 1.76. The van der Waals surface area contributed by atoms with Crippen molar-refractivity contribution in [2.24, 2.45) is 0 Å². The highest BCUT2D eigenvalue weighted by Gasteiger charge is 2.33. The van der Waals surface area contributed by atoms with Crippen molar-refractivity contribution in [3.8, 4) is 0 Å². The van der Waals surface area contributed by atoms with Crippen LogP contribution in [0.3, 0.4) is 0 Å². The van der Waals surface area contributed by atoms with Gasteiger partial charge in [-0.1, -0.05) is 12.0 Å². The summed E-state index contributed by atoms with van der Waals surface area (Å²) in [5.74, 6) is 0.640. The molecule has 108 valence electrons. The molecule has 1 saturated heterocycles. The highest BCUT2D eigenvalue weighted by atomic mass is 16.5. The smallest absolute Gasteiger partial charge is 0.318 e. The number of hydrogen-bond donors (Lipinski definition) is 1. The minimum atomic E-state index is -0.125. The van der Waals surface area contributed by atoms with E-state index >= 15 is 0 Å². The third-order valence-corrected chi connectivity index (χ3v) is 3.73. The van der Waals surface area contributed by atoms with Gasteiger partial charge >= 0.3 is 6.01 Å². The fourth-order valence-corrected chi connectivity index (χ4v) is 2.46. The van der Waals surface area contributed by atoms with Crippen molar-refractivity contribution in [2.75, 3.05) is 31.6 Å². The van der Waals surface area contributed by atoms with Crippen LogP contribution in [-0.4, -0.2) is 42.5 Å². The molecule has 0 saturated carbocycles. The van der Waals surface area contributed by atoms with E-state index in [2.05, 4.69) is 34.3 Å². The second-order valence-electron chi connectivity index (χ2n) is 5.38. The lowest BCUT2D eigenvalue weighted by atomic mass is 9.95. The van der Waals surface area contributed by atoms with E-state index in [1.165, 1.54) is 0 Å². The molecule has 2 unspecified atom stereocenters. The second-order valence-corrected chi connectivity index (χ2v) is 5.38. The maximum Gasteiger partial charge on any atom is 0.318 e. The predicted octanol–water partition coefficient (Wildman–Crippen LogP) is 1.75. The lowest BCUT2D eigenvalue weighted by Crippen LogP contribution is -2.47. The minimum Gasteiger partial charge on any atom is -0.406 e. The molecule has 1 aromatic rings. The summed E-state index contributed by atoms with van der Waals surface area (Å²) in [5, 5.41) is 11.5.